The molecule has 4 aromatic rings. The van der Waals surface area contributed by atoms with E-state index in [4.69, 9.17) is 28.7 Å². The SMILES string of the molecule is Fc1c(F)c(F)c(CONc2c3cc(Cl)ccc3nc(=S)c3ccccc23)c(F)c1F. The predicted octanol–water partition coefficient (Wildman–Crippen LogP) is 7.01. The lowest BCUT2D eigenvalue weighted by Crippen LogP contribution is -2.10. The van der Waals surface area contributed by atoms with E-state index in [9.17, 15) is 22.0 Å². The second-order valence-electron chi connectivity index (χ2n) is 6.44. The number of hydrogen-bond acceptors (Lipinski definition) is 4. The molecule has 3 nitrogen and oxygen atoms in total. The molecule has 158 valence electrons. The second kappa shape index (κ2) is 8.33. The molecular formula is C21H10ClF5N2OS. The van der Waals surface area contributed by atoms with Crippen LogP contribution in [0.4, 0.5) is 27.6 Å². The summed E-state index contributed by atoms with van der Waals surface area (Å²) in [7, 11) is 0. The van der Waals surface area contributed by atoms with Crippen molar-refractivity contribution in [3.8, 4) is 0 Å². The molecule has 0 saturated heterocycles. The van der Waals surface area contributed by atoms with Crippen LogP contribution in [0.3, 0.4) is 0 Å². The smallest absolute Gasteiger partial charge is 0.200 e. The van der Waals surface area contributed by atoms with Gasteiger partial charge in [-0.25, -0.2) is 26.9 Å². The minimum atomic E-state index is -2.24. The number of anilines is 1. The van der Waals surface area contributed by atoms with Crippen molar-refractivity contribution in [2.75, 3.05) is 5.48 Å². The molecule has 0 spiro atoms. The molecule has 1 aromatic heterocycles. The van der Waals surface area contributed by atoms with Crippen LogP contribution < -0.4 is 5.48 Å². The number of nitrogens with one attached hydrogen (secondary N) is 1. The van der Waals surface area contributed by atoms with E-state index in [-0.39, 0.29) is 4.64 Å². The summed E-state index contributed by atoms with van der Waals surface area (Å²) in [5.41, 5.74) is 2.19. The van der Waals surface area contributed by atoms with Gasteiger partial charge in [-0.2, -0.15) is 0 Å². The Morgan fingerprint density at radius 3 is 2.13 bits per heavy atom. The van der Waals surface area contributed by atoms with Crippen LogP contribution in [0.2, 0.25) is 5.02 Å². The largest absolute Gasteiger partial charge is 0.271 e. The average molecular weight is 469 g/mol. The zero-order valence-corrected chi connectivity index (χ0v) is 16.9. The highest BCUT2D eigenvalue weighted by Gasteiger charge is 2.25. The van der Waals surface area contributed by atoms with Crippen molar-refractivity contribution in [1.82, 2.24) is 4.98 Å². The first kappa shape index (κ1) is 21.4. The summed E-state index contributed by atoms with van der Waals surface area (Å²) >= 11 is 11.5. The summed E-state index contributed by atoms with van der Waals surface area (Å²) in [6, 6.07) is 11.7. The zero-order valence-electron chi connectivity index (χ0n) is 15.3. The molecule has 0 amide bonds. The number of rotatable bonds is 4. The number of halogens is 6. The summed E-state index contributed by atoms with van der Waals surface area (Å²) in [4.78, 5) is 9.56. The van der Waals surface area contributed by atoms with Gasteiger partial charge in [-0.05, 0) is 18.2 Å². The zero-order chi connectivity index (χ0) is 22.3. The summed E-state index contributed by atoms with van der Waals surface area (Å²) in [5, 5.41) is 1.97. The number of fused-ring (bicyclic) bond motifs is 2. The lowest BCUT2D eigenvalue weighted by atomic mass is 10.1. The maximum Gasteiger partial charge on any atom is 0.200 e. The quantitative estimate of drug-likeness (QED) is 0.115. The molecule has 0 aliphatic rings. The van der Waals surface area contributed by atoms with Crippen LogP contribution in [-0.4, -0.2) is 4.98 Å². The molecule has 0 radical (unpaired) electrons. The maximum atomic E-state index is 13.9. The lowest BCUT2D eigenvalue weighted by molar-refractivity contribution is 0.170. The van der Waals surface area contributed by atoms with E-state index in [1.54, 1.807) is 42.5 Å². The van der Waals surface area contributed by atoms with E-state index in [1.807, 2.05) is 0 Å². The Morgan fingerprint density at radius 2 is 1.45 bits per heavy atom. The molecule has 4 rings (SSSR count). The minimum Gasteiger partial charge on any atom is -0.271 e. The van der Waals surface area contributed by atoms with Gasteiger partial charge in [-0.15, -0.1) is 0 Å². The Kier molecular flexibility index (Phi) is 5.74. The van der Waals surface area contributed by atoms with Gasteiger partial charge in [-0.3, -0.25) is 10.3 Å². The maximum absolute atomic E-state index is 13.9. The first-order chi connectivity index (χ1) is 14.8. The fraction of sp³-hybridized carbons (Fsp3) is 0.0476. The Labute approximate surface area is 182 Å². The summed E-state index contributed by atoms with van der Waals surface area (Å²) in [6.45, 7) is -0.949. The van der Waals surface area contributed by atoms with Gasteiger partial charge >= 0.3 is 0 Å². The predicted molar refractivity (Wildman–Crippen MR) is 110 cm³/mol. The highest BCUT2D eigenvalue weighted by Crippen LogP contribution is 2.32. The summed E-state index contributed by atoms with van der Waals surface area (Å²) in [5.74, 6) is -10.3. The molecule has 1 heterocycles. The van der Waals surface area contributed by atoms with Crippen molar-refractivity contribution in [3.63, 3.8) is 0 Å². The molecule has 0 unspecified atom stereocenters. The van der Waals surface area contributed by atoms with Crippen LogP contribution in [0.5, 0.6) is 0 Å². The molecule has 3 aromatic carbocycles. The van der Waals surface area contributed by atoms with Crippen molar-refractivity contribution in [2.24, 2.45) is 0 Å². The highest BCUT2D eigenvalue weighted by molar-refractivity contribution is 7.71. The molecule has 0 aliphatic heterocycles. The van der Waals surface area contributed by atoms with Crippen molar-refractivity contribution >= 4 is 51.2 Å². The first-order valence-corrected chi connectivity index (χ1v) is 9.48. The van der Waals surface area contributed by atoms with E-state index >= 15 is 0 Å². The van der Waals surface area contributed by atoms with E-state index in [0.29, 0.717) is 32.4 Å². The van der Waals surface area contributed by atoms with Gasteiger partial charge in [0.15, 0.2) is 23.3 Å². The van der Waals surface area contributed by atoms with Crippen LogP contribution >= 0.6 is 23.8 Å². The Morgan fingerprint density at radius 1 is 0.839 bits per heavy atom. The molecule has 0 atom stereocenters. The summed E-state index contributed by atoms with van der Waals surface area (Å²) in [6.07, 6.45) is 0. The highest BCUT2D eigenvalue weighted by atomic mass is 35.5. The monoisotopic (exact) mass is 468 g/mol. The van der Waals surface area contributed by atoms with Crippen LogP contribution in [0.15, 0.2) is 42.5 Å². The molecule has 1 N–H and O–H groups in total. The Hall–Kier alpha value is -2.88. The molecule has 0 saturated carbocycles. The molecule has 31 heavy (non-hydrogen) atoms. The Balaban J connectivity index is 1.82. The van der Waals surface area contributed by atoms with Crippen LogP contribution in [0.25, 0.3) is 21.7 Å². The second-order valence-corrected chi connectivity index (χ2v) is 7.26. The fourth-order valence-electron chi connectivity index (χ4n) is 3.08. The molecule has 0 fully saturated rings. The molecule has 0 aliphatic carbocycles. The van der Waals surface area contributed by atoms with Gasteiger partial charge in [0, 0.05) is 21.2 Å². The van der Waals surface area contributed by atoms with Gasteiger partial charge in [0.05, 0.1) is 16.8 Å². The molecular weight excluding hydrogens is 459 g/mol. The normalized spacial score (nSPS) is 11.3. The van der Waals surface area contributed by atoms with E-state index in [0.717, 1.165) is 0 Å². The average Bonchev–Trinajstić information content (AvgIpc) is 2.88. The summed E-state index contributed by atoms with van der Waals surface area (Å²) < 4.78 is 68.3. The van der Waals surface area contributed by atoms with E-state index in [1.165, 1.54) is 0 Å². The topological polar surface area (TPSA) is 34.1 Å². The third kappa shape index (κ3) is 3.80. The lowest BCUT2D eigenvalue weighted by Gasteiger charge is -2.12. The van der Waals surface area contributed by atoms with Gasteiger partial charge in [0.25, 0.3) is 0 Å². The number of hydrogen-bond donors (Lipinski definition) is 1. The van der Waals surface area contributed by atoms with Gasteiger partial charge in [0.2, 0.25) is 5.82 Å². The van der Waals surface area contributed by atoms with Crippen molar-refractivity contribution in [1.29, 1.82) is 0 Å². The van der Waals surface area contributed by atoms with Crippen molar-refractivity contribution < 1.29 is 26.8 Å². The molecule has 0 bridgehead atoms. The third-order valence-electron chi connectivity index (χ3n) is 4.57. The number of benzene rings is 3. The van der Waals surface area contributed by atoms with Crippen molar-refractivity contribution in [3.05, 3.63) is 86.8 Å². The van der Waals surface area contributed by atoms with Crippen LogP contribution in [0.1, 0.15) is 5.56 Å². The third-order valence-corrected chi connectivity index (χ3v) is 5.11. The van der Waals surface area contributed by atoms with Crippen molar-refractivity contribution in [2.45, 2.75) is 6.61 Å². The van der Waals surface area contributed by atoms with Gasteiger partial charge in [-0.1, -0.05) is 48.1 Å². The first-order valence-electron chi connectivity index (χ1n) is 8.70. The van der Waals surface area contributed by atoms with Crippen LogP contribution in [0, 0.1) is 33.7 Å². The number of aromatic nitrogens is 1. The Bertz CT molecular complexity index is 1390. The number of nitrogens with zero attached hydrogens (tertiary/aromatic N) is 1. The van der Waals surface area contributed by atoms with Gasteiger partial charge in [0.1, 0.15) is 11.2 Å². The van der Waals surface area contributed by atoms with Gasteiger partial charge < -0.3 is 0 Å². The van der Waals surface area contributed by atoms with Crippen LogP contribution in [-0.2, 0) is 11.4 Å². The fourth-order valence-corrected chi connectivity index (χ4v) is 3.52. The van der Waals surface area contributed by atoms with E-state index < -0.39 is 41.3 Å². The standard InChI is InChI=1S/C21H10ClF5N2OS/c22-9-5-6-14-12(7-9)20(10-3-1-2-4-11(10)21(31)28-14)29-30-8-13-15(23)17(25)19(27)18(26)16(13)24/h1-7,29H,8H2. The molecule has 10 heteroatoms. The minimum absolute atomic E-state index is 0.288. The van der Waals surface area contributed by atoms with E-state index in [2.05, 4.69) is 10.5 Å².